The third kappa shape index (κ3) is 3.08. The van der Waals surface area contributed by atoms with Gasteiger partial charge in [-0.2, -0.15) is 4.98 Å². The van der Waals surface area contributed by atoms with Crippen molar-refractivity contribution in [1.82, 2.24) is 15.5 Å². The zero-order valence-electron chi connectivity index (χ0n) is 12.5. The number of nitrogens with one attached hydrogen (secondary N) is 1. The van der Waals surface area contributed by atoms with Crippen LogP contribution in [0.15, 0.2) is 28.8 Å². The molecule has 5 heteroatoms. The molecular formula is C16H21N3O2. The van der Waals surface area contributed by atoms with Crippen LogP contribution in [0.1, 0.15) is 38.1 Å². The lowest BCUT2D eigenvalue weighted by Crippen LogP contribution is -2.31. The van der Waals surface area contributed by atoms with Crippen molar-refractivity contribution in [3.05, 3.63) is 30.2 Å². The van der Waals surface area contributed by atoms with Crippen molar-refractivity contribution in [3.8, 4) is 17.1 Å². The van der Waals surface area contributed by atoms with Gasteiger partial charge in [0.05, 0.1) is 13.2 Å². The molecule has 1 aromatic heterocycles. The fourth-order valence-corrected chi connectivity index (χ4v) is 2.79. The molecule has 1 aromatic carbocycles. The first-order valence-corrected chi connectivity index (χ1v) is 7.51. The first-order valence-electron chi connectivity index (χ1n) is 7.51. The maximum absolute atomic E-state index is 5.45. The smallest absolute Gasteiger partial charge is 0.244 e. The SMILES string of the molecule is CCC1CCNC(c2nc(-c3ccc(OC)cc3)no2)C1. The predicted molar refractivity (Wildman–Crippen MR) is 80.0 cm³/mol. The minimum absolute atomic E-state index is 0.184. The van der Waals surface area contributed by atoms with E-state index >= 15 is 0 Å². The number of rotatable bonds is 4. The van der Waals surface area contributed by atoms with E-state index in [-0.39, 0.29) is 6.04 Å². The summed E-state index contributed by atoms with van der Waals surface area (Å²) in [6.45, 7) is 3.26. The van der Waals surface area contributed by atoms with E-state index in [2.05, 4.69) is 22.4 Å². The van der Waals surface area contributed by atoms with Crippen LogP contribution in [0.5, 0.6) is 5.75 Å². The number of benzene rings is 1. The second-order valence-corrected chi connectivity index (χ2v) is 5.49. The summed E-state index contributed by atoms with van der Waals surface area (Å²) in [6.07, 6.45) is 3.50. The maximum atomic E-state index is 5.45. The van der Waals surface area contributed by atoms with Gasteiger partial charge in [0.1, 0.15) is 5.75 Å². The lowest BCUT2D eigenvalue weighted by atomic mass is 9.90. The van der Waals surface area contributed by atoms with Gasteiger partial charge >= 0.3 is 0 Å². The van der Waals surface area contributed by atoms with Gasteiger partial charge in [-0.1, -0.05) is 18.5 Å². The first-order chi connectivity index (χ1) is 10.3. The summed E-state index contributed by atoms with van der Waals surface area (Å²) in [7, 11) is 1.65. The molecule has 0 amide bonds. The van der Waals surface area contributed by atoms with Crippen LogP contribution >= 0.6 is 0 Å². The van der Waals surface area contributed by atoms with Gasteiger partial charge in [0.25, 0.3) is 0 Å². The van der Waals surface area contributed by atoms with Crippen LogP contribution in [0.2, 0.25) is 0 Å². The molecule has 0 bridgehead atoms. The number of nitrogens with zero attached hydrogens (tertiary/aromatic N) is 2. The molecule has 1 aliphatic heterocycles. The summed E-state index contributed by atoms with van der Waals surface area (Å²) in [5, 5.41) is 7.57. The normalized spacial score (nSPS) is 22.2. The second kappa shape index (κ2) is 6.26. The Labute approximate surface area is 124 Å². The zero-order valence-corrected chi connectivity index (χ0v) is 12.5. The molecule has 1 saturated heterocycles. The number of hydrogen-bond donors (Lipinski definition) is 1. The summed E-state index contributed by atoms with van der Waals surface area (Å²) in [5.41, 5.74) is 0.939. The molecule has 0 aliphatic carbocycles. The molecule has 2 unspecified atom stereocenters. The molecule has 2 atom stereocenters. The first kappa shape index (κ1) is 14.1. The van der Waals surface area contributed by atoms with Gasteiger partial charge in [0.15, 0.2) is 0 Å². The summed E-state index contributed by atoms with van der Waals surface area (Å²) < 4.78 is 10.6. The molecule has 2 heterocycles. The van der Waals surface area contributed by atoms with Crippen LogP contribution in [0.25, 0.3) is 11.4 Å². The molecule has 2 aromatic rings. The monoisotopic (exact) mass is 287 g/mol. The zero-order chi connectivity index (χ0) is 14.7. The molecule has 3 rings (SSSR count). The van der Waals surface area contributed by atoms with Gasteiger partial charge in [-0.05, 0) is 49.6 Å². The molecule has 1 aliphatic rings. The van der Waals surface area contributed by atoms with Crippen LogP contribution in [-0.2, 0) is 0 Å². The standard InChI is InChI=1S/C16H21N3O2/c1-3-11-8-9-17-14(10-11)16-18-15(19-21-16)12-4-6-13(20-2)7-5-12/h4-7,11,14,17H,3,8-10H2,1-2H3. The van der Waals surface area contributed by atoms with Crippen molar-refractivity contribution in [2.24, 2.45) is 5.92 Å². The molecule has 1 fully saturated rings. The maximum Gasteiger partial charge on any atom is 0.244 e. The van der Waals surface area contributed by atoms with Crippen LogP contribution in [0, 0.1) is 5.92 Å². The highest BCUT2D eigenvalue weighted by Gasteiger charge is 2.26. The second-order valence-electron chi connectivity index (χ2n) is 5.49. The number of aromatic nitrogens is 2. The van der Waals surface area contributed by atoms with Gasteiger partial charge < -0.3 is 14.6 Å². The molecule has 0 spiro atoms. The molecule has 1 N–H and O–H groups in total. The third-order valence-corrected chi connectivity index (χ3v) is 4.18. The van der Waals surface area contributed by atoms with Crippen LogP contribution in [0.4, 0.5) is 0 Å². The average Bonchev–Trinajstić information content (AvgIpc) is 3.05. The Morgan fingerprint density at radius 2 is 2.14 bits per heavy atom. The fraction of sp³-hybridized carbons (Fsp3) is 0.500. The highest BCUT2D eigenvalue weighted by atomic mass is 16.5. The minimum atomic E-state index is 0.184. The Morgan fingerprint density at radius 1 is 1.33 bits per heavy atom. The Bertz CT molecular complexity index is 579. The van der Waals surface area contributed by atoms with Crippen LogP contribution in [-0.4, -0.2) is 23.8 Å². The van der Waals surface area contributed by atoms with Crippen molar-refractivity contribution in [2.45, 2.75) is 32.2 Å². The number of piperidine rings is 1. The summed E-state index contributed by atoms with van der Waals surface area (Å²) >= 11 is 0. The van der Waals surface area contributed by atoms with E-state index in [1.54, 1.807) is 7.11 Å². The lowest BCUT2D eigenvalue weighted by Gasteiger charge is -2.27. The Morgan fingerprint density at radius 3 is 2.86 bits per heavy atom. The van der Waals surface area contributed by atoms with E-state index < -0.39 is 0 Å². The molecule has 5 nitrogen and oxygen atoms in total. The minimum Gasteiger partial charge on any atom is -0.497 e. The third-order valence-electron chi connectivity index (χ3n) is 4.18. The van der Waals surface area contributed by atoms with Crippen molar-refractivity contribution < 1.29 is 9.26 Å². The Hall–Kier alpha value is -1.88. The number of hydrogen-bond acceptors (Lipinski definition) is 5. The van der Waals surface area contributed by atoms with Crippen molar-refractivity contribution in [1.29, 1.82) is 0 Å². The highest BCUT2D eigenvalue weighted by molar-refractivity contribution is 5.55. The van der Waals surface area contributed by atoms with Gasteiger partial charge in [-0.25, -0.2) is 0 Å². The van der Waals surface area contributed by atoms with E-state index in [4.69, 9.17) is 9.26 Å². The van der Waals surface area contributed by atoms with E-state index in [9.17, 15) is 0 Å². The summed E-state index contributed by atoms with van der Waals surface area (Å²) in [6, 6.07) is 7.87. The van der Waals surface area contributed by atoms with E-state index in [0.29, 0.717) is 11.7 Å². The predicted octanol–water partition coefficient (Wildman–Crippen LogP) is 3.20. The average molecular weight is 287 g/mol. The highest BCUT2D eigenvalue weighted by Crippen LogP contribution is 2.29. The van der Waals surface area contributed by atoms with Crippen LogP contribution in [0.3, 0.4) is 0 Å². The quantitative estimate of drug-likeness (QED) is 0.935. The Kier molecular flexibility index (Phi) is 4.20. The van der Waals surface area contributed by atoms with Gasteiger partial charge in [0.2, 0.25) is 11.7 Å². The number of ether oxygens (including phenoxy) is 1. The van der Waals surface area contributed by atoms with Gasteiger partial charge in [0, 0.05) is 5.56 Å². The topological polar surface area (TPSA) is 60.2 Å². The molecule has 0 saturated carbocycles. The largest absolute Gasteiger partial charge is 0.497 e. The van der Waals surface area contributed by atoms with E-state index in [1.807, 2.05) is 24.3 Å². The van der Waals surface area contributed by atoms with Crippen molar-refractivity contribution >= 4 is 0 Å². The Balaban J connectivity index is 1.76. The van der Waals surface area contributed by atoms with Gasteiger partial charge in [-0.3, -0.25) is 0 Å². The van der Waals surface area contributed by atoms with E-state index in [0.717, 1.165) is 30.2 Å². The van der Waals surface area contributed by atoms with Crippen molar-refractivity contribution in [3.63, 3.8) is 0 Å². The molecular weight excluding hydrogens is 266 g/mol. The lowest BCUT2D eigenvalue weighted by molar-refractivity contribution is 0.246. The summed E-state index contributed by atoms with van der Waals surface area (Å²) in [5.74, 6) is 2.89. The fourth-order valence-electron chi connectivity index (χ4n) is 2.79. The van der Waals surface area contributed by atoms with E-state index in [1.165, 1.54) is 12.8 Å². The van der Waals surface area contributed by atoms with Crippen molar-refractivity contribution in [2.75, 3.05) is 13.7 Å². The molecule has 112 valence electrons. The van der Waals surface area contributed by atoms with Gasteiger partial charge in [-0.15, -0.1) is 0 Å². The summed E-state index contributed by atoms with van der Waals surface area (Å²) in [4.78, 5) is 4.55. The van der Waals surface area contributed by atoms with Crippen LogP contribution < -0.4 is 10.1 Å². The molecule has 21 heavy (non-hydrogen) atoms. The number of methoxy groups -OCH3 is 1. The molecule has 0 radical (unpaired) electrons.